The van der Waals surface area contributed by atoms with E-state index in [1.54, 1.807) is 0 Å². The molecule has 0 amide bonds. The van der Waals surface area contributed by atoms with Crippen LogP contribution in [0.5, 0.6) is 0 Å². The van der Waals surface area contributed by atoms with E-state index in [2.05, 4.69) is 4.98 Å². The minimum absolute atomic E-state index is 0.0711. The number of fused-ring (bicyclic) bond motifs is 1. The van der Waals surface area contributed by atoms with E-state index >= 15 is 0 Å². The fourth-order valence-electron chi connectivity index (χ4n) is 1.98. The molecule has 0 aliphatic rings. The third-order valence-electron chi connectivity index (χ3n) is 2.79. The number of imidazole rings is 1. The molecule has 0 radical (unpaired) electrons. The molecule has 0 aliphatic heterocycles. The molecule has 0 unspecified atom stereocenters. The van der Waals surface area contributed by atoms with Gasteiger partial charge in [-0.3, -0.25) is 4.57 Å². The van der Waals surface area contributed by atoms with E-state index in [1.807, 2.05) is 0 Å². The number of nitrogen functional groups attached to an aromatic ring is 1. The van der Waals surface area contributed by atoms with Crippen LogP contribution in [0, 0.1) is 11.6 Å². The summed E-state index contributed by atoms with van der Waals surface area (Å²) in [5, 5.41) is 0.356. The molecule has 1 heterocycles. The van der Waals surface area contributed by atoms with Gasteiger partial charge < -0.3 is 5.73 Å². The number of aromatic nitrogens is 2. The third-order valence-corrected chi connectivity index (χ3v) is 3.03. The van der Waals surface area contributed by atoms with Crippen LogP contribution in [0.2, 0.25) is 5.02 Å². The predicted octanol–water partition coefficient (Wildman–Crippen LogP) is 3.54. The Morgan fingerprint density at radius 2 is 1.89 bits per heavy atom. The van der Waals surface area contributed by atoms with Gasteiger partial charge in [0.25, 0.3) is 0 Å². The van der Waals surface area contributed by atoms with Crippen molar-refractivity contribution in [1.29, 1.82) is 0 Å². The zero-order chi connectivity index (χ0) is 13.6. The first-order chi connectivity index (χ1) is 9.06. The molecule has 1 aromatic heterocycles. The standard InChI is InChI=1S/C13H8ClF2N3/c14-7-1-3-9(16)11(5-7)19-12-6-8(15)2-4-10(12)18-13(19)17/h1-6H,(H2,17,18). The summed E-state index contributed by atoms with van der Waals surface area (Å²) in [6, 6.07) is 8.07. The lowest BCUT2D eigenvalue weighted by Gasteiger charge is -2.08. The Morgan fingerprint density at radius 1 is 1.11 bits per heavy atom. The Hall–Kier alpha value is -2.14. The maximum absolute atomic E-state index is 13.9. The lowest BCUT2D eigenvalue weighted by Crippen LogP contribution is -2.03. The first kappa shape index (κ1) is 11.9. The topological polar surface area (TPSA) is 43.8 Å². The maximum Gasteiger partial charge on any atom is 0.206 e. The van der Waals surface area contributed by atoms with E-state index in [1.165, 1.54) is 41.0 Å². The van der Waals surface area contributed by atoms with Gasteiger partial charge in [0.1, 0.15) is 11.6 Å². The highest BCUT2D eigenvalue weighted by Crippen LogP contribution is 2.27. The molecule has 0 spiro atoms. The number of hydrogen-bond acceptors (Lipinski definition) is 2. The average Bonchev–Trinajstić information content (AvgIpc) is 2.68. The second-order valence-corrected chi connectivity index (χ2v) is 4.47. The number of hydrogen-bond donors (Lipinski definition) is 1. The SMILES string of the molecule is Nc1nc2ccc(F)cc2n1-c1cc(Cl)ccc1F. The average molecular weight is 280 g/mol. The van der Waals surface area contributed by atoms with Gasteiger partial charge in [-0.1, -0.05) is 11.6 Å². The summed E-state index contributed by atoms with van der Waals surface area (Å²) in [5.74, 6) is -0.891. The summed E-state index contributed by atoms with van der Waals surface area (Å²) in [7, 11) is 0. The van der Waals surface area contributed by atoms with Crippen molar-refractivity contribution < 1.29 is 8.78 Å². The summed E-state index contributed by atoms with van der Waals surface area (Å²) in [5.41, 5.74) is 6.78. The van der Waals surface area contributed by atoms with Crippen molar-refractivity contribution in [3.8, 4) is 5.69 Å². The van der Waals surface area contributed by atoms with Crippen LogP contribution in [-0.2, 0) is 0 Å². The number of anilines is 1. The van der Waals surface area contributed by atoms with Crippen molar-refractivity contribution in [2.45, 2.75) is 0 Å². The van der Waals surface area contributed by atoms with Gasteiger partial charge >= 0.3 is 0 Å². The Morgan fingerprint density at radius 3 is 2.68 bits per heavy atom. The van der Waals surface area contributed by atoms with Gasteiger partial charge in [-0.05, 0) is 30.3 Å². The van der Waals surface area contributed by atoms with E-state index in [-0.39, 0.29) is 11.6 Å². The molecule has 0 atom stereocenters. The summed E-state index contributed by atoms with van der Waals surface area (Å²) < 4.78 is 28.5. The molecule has 3 nitrogen and oxygen atoms in total. The van der Waals surface area contributed by atoms with E-state index in [0.29, 0.717) is 16.1 Å². The fourth-order valence-corrected chi connectivity index (χ4v) is 2.14. The number of nitrogens with two attached hydrogens (primary N) is 1. The number of halogens is 3. The minimum atomic E-state index is -0.514. The van der Waals surface area contributed by atoms with Crippen LogP contribution in [0.4, 0.5) is 14.7 Å². The lowest BCUT2D eigenvalue weighted by atomic mass is 10.2. The Balaban J connectivity index is 2.38. The van der Waals surface area contributed by atoms with Gasteiger partial charge in [-0.2, -0.15) is 0 Å². The molecule has 0 fully saturated rings. The molecule has 0 bridgehead atoms. The number of rotatable bonds is 1. The Bertz CT molecular complexity index is 783. The van der Waals surface area contributed by atoms with Gasteiger partial charge in [-0.25, -0.2) is 13.8 Å². The van der Waals surface area contributed by atoms with Crippen molar-refractivity contribution in [3.05, 3.63) is 53.1 Å². The Labute approximate surface area is 112 Å². The summed E-state index contributed by atoms with van der Waals surface area (Å²) in [6.45, 7) is 0. The van der Waals surface area contributed by atoms with E-state index in [0.717, 1.165) is 0 Å². The zero-order valence-corrected chi connectivity index (χ0v) is 10.3. The van der Waals surface area contributed by atoms with Gasteiger partial charge in [0.15, 0.2) is 0 Å². The molecule has 6 heteroatoms. The molecule has 3 aromatic rings. The largest absolute Gasteiger partial charge is 0.369 e. The second-order valence-electron chi connectivity index (χ2n) is 4.03. The monoisotopic (exact) mass is 279 g/mol. The molecule has 2 N–H and O–H groups in total. The van der Waals surface area contributed by atoms with Gasteiger partial charge in [0.05, 0.1) is 16.7 Å². The molecule has 3 rings (SSSR count). The molecule has 0 aliphatic carbocycles. The quantitative estimate of drug-likeness (QED) is 0.740. The van der Waals surface area contributed by atoms with Crippen LogP contribution in [0.3, 0.4) is 0 Å². The van der Waals surface area contributed by atoms with Crippen LogP contribution >= 0.6 is 11.6 Å². The van der Waals surface area contributed by atoms with Crippen molar-refractivity contribution in [3.63, 3.8) is 0 Å². The highest BCUT2D eigenvalue weighted by Gasteiger charge is 2.14. The molecule has 2 aromatic carbocycles. The highest BCUT2D eigenvalue weighted by molar-refractivity contribution is 6.30. The molecule has 0 saturated heterocycles. The van der Waals surface area contributed by atoms with Crippen LogP contribution < -0.4 is 5.73 Å². The molecule has 0 saturated carbocycles. The van der Waals surface area contributed by atoms with E-state index < -0.39 is 11.6 Å². The minimum Gasteiger partial charge on any atom is -0.369 e. The Kier molecular flexibility index (Phi) is 2.64. The third kappa shape index (κ3) is 1.92. The van der Waals surface area contributed by atoms with Gasteiger partial charge in [0.2, 0.25) is 5.95 Å². The first-order valence-corrected chi connectivity index (χ1v) is 5.83. The van der Waals surface area contributed by atoms with Crippen molar-refractivity contribution in [1.82, 2.24) is 9.55 Å². The van der Waals surface area contributed by atoms with Crippen LogP contribution in [0.1, 0.15) is 0 Å². The van der Waals surface area contributed by atoms with Crippen LogP contribution in [0.25, 0.3) is 16.7 Å². The van der Waals surface area contributed by atoms with Crippen molar-refractivity contribution in [2.24, 2.45) is 0 Å². The first-order valence-electron chi connectivity index (χ1n) is 5.45. The lowest BCUT2D eigenvalue weighted by molar-refractivity contribution is 0.618. The molecule has 19 heavy (non-hydrogen) atoms. The molecular weight excluding hydrogens is 272 g/mol. The normalized spacial score (nSPS) is 11.1. The van der Waals surface area contributed by atoms with Gasteiger partial charge in [-0.15, -0.1) is 0 Å². The predicted molar refractivity (Wildman–Crippen MR) is 70.4 cm³/mol. The summed E-state index contributed by atoms with van der Waals surface area (Å²) in [4.78, 5) is 4.07. The number of nitrogens with zero attached hydrogens (tertiary/aromatic N) is 2. The van der Waals surface area contributed by atoms with Crippen LogP contribution in [-0.4, -0.2) is 9.55 Å². The van der Waals surface area contributed by atoms with Crippen molar-refractivity contribution in [2.75, 3.05) is 5.73 Å². The fraction of sp³-hybridized carbons (Fsp3) is 0. The van der Waals surface area contributed by atoms with Gasteiger partial charge in [0, 0.05) is 11.1 Å². The molecule has 96 valence electrons. The summed E-state index contributed by atoms with van der Waals surface area (Å²) >= 11 is 5.85. The van der Waals surface area contributed by atoms with Crippen molar-refractivity contribution >= 4 is 28.6 Å². The highest BCUT2D eigenvalue weighted by atomic mass is 35.5. The second kappa shape index (κ2) is 4.20. The smallest absolute Gasteiger partial charge is 0.206 e. The summed E-state index contributed by atoms with van der Waals surface area (Å²) in [6.07, 6.45) is 0. The maximum atomic E-state index is 13.9. The van der Waals surface area contributed by atoms with E-state index in [4.69, 9.17) is 17.3 Å². The number of benzene rings is 2. The zero-order valence-electron chi connectivity index (χ0n) is 9.57. The van der Waals surface area contributed by atoms with E-state index in [9.17, 15) is 8.78 Å². The molecular formula is C13H8ClF2N3. The van der Waals surface area contributed by atoms with Crippen LogP contribution in [0.15, 0.2) is 36.4 Å².